The zero-order chi connectivity index (χ0) is 15.5. The summed E-state index contributed by atoms with van der Waals surface area (Å²) in [6.07, 6.45) is 0. The second kappa shape index (κ2) is 6.46. The van der Waals surface area contributed by atoms with E-state index >= 15 is 0 Å². The molecular weight excluding hydrogens is 356 g/mol. The van der Waals surface area contributed by atoms with Crippen LogP contribution in [-0.4, -0.2) is 5.11 Å². The fraction of sp³-hybridized carbons (Fsp3) is 0.0556. The number of nitrogens with one attached hydrogen (secondary N) is 2. The zero-order valence-electron chi connectivity index (χ0n) is 12.1. The monoisotopic (exact) mass is 370 g/mol. The maximum atomic E-state index is 5.40. The minimum Gasteiger partial charge on any atom is -0.332 e. The molecule has 2 N–H and O–H groups in total. The molecule has 3 aromatic rings. The number of anilines is 2. The van der Waals surface area contributed by atoms with E-state index in [2.05, 4.69) is 56.9 Å². The molecule has 22 heavy (non-hydrogen) atoms. The molecule has 0 aliphatic heterocycles. The fourth-order valence-corrected chi connectivity index (χ4v) is 3.02. The summed E-state index contributed by atoms with van der Waals surface area (Å²) in [4.78, 5) is 0. The van der Waals surface area contributed by atoms with Crippen molar-refractivity contribution in [1.82, 2.24) is 0 Å². The highest BCUT2D eigenvalue weighted by molar-refractivity contribution is 9.10. The summed E-state index contributed by atoms with van der Waals surface area (Å²) < 4.78 is 1.06. The highest BCUT2D eigenvalue weighted by Gasteiger charge is 2.03. The van der Waals surface area contributed by atoms with Crippen molar-refractivity contribution in [2.24, 2.45) is 0 Å². The average molecular weight is 371 g/mol. The van der Waals surface area contributed by atoms with Gasteiger partial charge in [-0.15, -0.1) is 0 Å². The van der Waals surface area contributed by atoms with E-state index in [1.165, 1.54) is 10.8 Å². The van der Waals surface area contributed by atoms with Crippen molar-refractivity contribution in [3.05, 3.63) is 70.7 Å². The standard InChI is InChI=1S/C18H15BrN2S/c1-12-10-15(19)7-9-17(12)21-18(22)20-16-8-6-13-4-2-3-5-14(13)11-16/h2-11H,1H3,(H2,20,21,22). The predicted molar refractivity (Wildman–Crippen MR) is 103 cm³/mol. The van der Waals surface area contributed by atoms with Crippen LogP contribution in [0.2, 0.25) is 0 Å². The van der Waals surface area contributed by atoms with Gasteiger partial charge < -0.3 is 10.6 Å². The van der Waals surface area contributed by atoms with Crippen molar-refractivity contribution in [3.63, 3.8) is 0 Å². The molecule has 2 nitrogen and oxygen atoms in total. The Kier molecular flexibility index (Phi) is 4.41. The van der Waals surface area contributed by atoms with Crippen molar-refractivity contribution >= 4 is 55.4 Å². The van der Waals surface area contributed by atoms with Crippen LogP contribution in [0.5, 0.6) is 0 Å². The van der Waals surface area contributed by atoms with Crippen LogP contribution in [0.15, 0.2) is 65.1 Å². The lowest BCUT2D eigenvalue weighted by Gasteiger charge is -2.13. The van der Waals surface area contributed by atoms with Gasteiger partial charge in [0.1, 0.15) is 0 Å². The number of aryl methyl sites for hydroxylation is 1. The Morgan fingerprint density at radius 2 is 1.68 bits per heavy atom. The van der Waals surface area contributed by atoms with Gasteiger partial charge in [0.25, 0.3) is 0 Å². The first kappa shape index (κ1) is 15.0. The maximum Gasteiger partial charge on any atom is 0.175 e. The normalized spacial score (nSPS) is 10.5. The molecule has 0 radical (unpaired) electrons. The molecule has 0 aliphatic carbocycles. The molecule has 3 aromatic carbocycles. The van der Waals surface area contributed by atoms with Gasteiger partial charge >= 0.3 is 0 Å². The van der Waals surface area contributed by atoms with Gasteiger partial charge in [0.2, 0.25) is 0 Å². The topological polar surface area (TPSA) is 24.1 Å². The molecule has 0 spiro atoms. The van der Waals surface area contributed by atoms with Crippen LogP contribution in [0.3, 0.4) is 0 Å². The molecule has 3 rings (SSSR count). The maximum absolute atomic E-state index is 5.40. The van der Waals surface area contributed by atoms with Crippen LogP contribution >= 0.6 is 28.1 Å². The molecule has 0 atom stereocenters. The summed E-state index contributed by atoms with van der Waals surface area (Å²) >= 11 is 8.86. The second-order valence-electron chi connectivity index (χ2n) is 5.10. The summed E-state index contributed by atoms with van der Waals surface area (Å²) in [5.74, 6) is 0. The average Bonchev–Trinajstić information content (AvgIpc) is 2.50. The van der Waals surface area contributed by atoms with Gasteiger partial charge in [-0.1, -0.05) is 46.3 Å². The van der Waals surface area contributed by atoms with Crippen molar-refractivity contribution in [1.29, 1.82) is 0 Å². The number of benzene rings is 3. The summed E-state index contributed by atoms with van der Waals surface area (Å²) in [6.45, 7) is 2.05. The van der Waals surface area contributed by atoms with Gasteiger partial charge in [-0.2, -0.15) is 0 Å². The number of hydrogen-bond donors (Lipinski definition) is 2. The highest BCUT2D eigenvalue weighted by Crippen LogP contribution is 2.21. The van der Waals surface area contributed by atoms with Gasteiger partial charge in [-0.05, 0) is 65.8 Å². The first-order valence-corrected chi connectivity index (χ1v) is 8.15. The molecule has 0 amide bonds. The van der Waals surface area contributed by atoms with Gasteiger partial charge in [0, 0.05) is 15.8 Å². The first-order chi connectivity index (χ1) is 10.6. The van der Waals surface area contributed by atoms with Crippen molar-refractivity contribution in [2.75, 3.05) is 10.6 Å². The van der Waals surface area contributed by atoms with Crippen LogP contribution in [-0.2, 0) is 0 Å². The number of halogens is 1. The zero-order valence-corrected chi connectivity index (χ0v) is 14.5. The largest absolute Gasteiger partial charge is 0.332 e. The SMILES string of the molecule is Cc1cc(Br)ccc1NC(=S)Nc1ccc2ccccc2c1. The Labute approximate surface area is 143 Å². The van der Waals surface area contributed by atoms with Crippen LogP contribution < -0.4 is 10.6 Å². The molecule has 0 heterocycles. The van der Waals surface area contributed by atoms with E-state index in [0.717, 1.165) is 21.4 Å². The molecule has 0 aliphatic rings. The lowest BCUT2D eigenvalue weighted by atomic mass is 10.1. The van der Waals surface area contributed by atoms with E-state index < -0.39 is 0 Å². The summed E-state index contributed by atoms with van der Waals surface area (Å²) in [7, 11) is 0. The Bertz CT molecular complexity index is 845. The second-order valence-corrected chi connectivity index (χ2v) is 6.42. The molecule has 0 saturated carbocycles. The molecule has 0 bridgehead atoms. The van der Waals surface area contributed by atoms with Crippen molar-refractivity contribution in [2.45, 2.75) is 6.92 Å². The van der Waals surface area contributed by atoms with E-state index in [1.807, 2.05) is 37.3 Å². The van der Waals surface area contributed by atoms with E-state index in [9.17, 15) is 0 Å². The molecule has 0 fully saturated rings. The molecule has 0 saturated heterocycles. The third-order valence-corrected chi connectivity index (χ3v) is 4.14. The predicted octanol–water partition coefficient (Wildman–Crippen LogP) is 5.72. The number of fused-ring (bicyclic) bond motifs is 1. The lowest BCUT2D eigenvalue weighted by molar-refractivity contribution is 1.44. The summed E-state index contributed by atoms with van der Waals surface area (Å²) in [6, 6.07) is 20.5. The minimum atomic E-state index is 0.584. The molecule has 110 valence electrons. The first-order valence-electron chi connectivity index (χ1n) is 6.95. The molecule has 4 heteroatoms. The number of hydrogen-bond acceptors (Lipinski definition) is 1. The Balaban J connectivity index is 1.75. The van der Waals surface area contributed by atoms with Gasteiger partial charge in [0.15, 0.2) is 5.11 Å². The lowest BCUT2D eigenvalue weighted by Crippen LogP contribution is -2.19. The van der Waals surface area contributed by atoms with Gasteiger partial charge in [-0.25, -0.2) is 0 Å². The van der Waals surface area contributed by atoms with E-state index in [0.29, 0.717) is 5.11 Å². The summed E-state index contributed by atoms with van der Waals surface area (Å²) in [5.41, 5.74) is 3.12. The van der Waals surface area contributed by atoms with Crippen LogP contribution in [0, 0.1) is 6.92 Å². The fourth-order valence-electron chi connectivity index (χ4n) is 2.32. The third-order valence-electron chi connectivity index (χ3n) is 3.44. The Hall–Kier alpha value is -1.91. The van der Waals surface area contributed by atoms with Crippen LogP contribution in [0.1, 0.15) is 5.56 Å². The molecule has 0 aromatic heterocycles. The Morgan fingerprint density at radius 3 is 2.45 bits per heavy atom. The minimum absolute atomic E-state index is 0.584. The number of thiocarbonyl (C=S) groups is 1. The highest BCUT2D eigenvalue weighted by atomic mass is 79.9. The number of rotatable bonds is 2. The van der Waals surface area contributed by atoms with Crippen molar-refractivity contribution < 1.29 is 0 Å². The van der Waals surface area contributed by atoms with Gasteiger partial charge in [0.05, 0.1) is 0 Å². The Morgan fingerprint density at radius 1 is 0.909 bits per heavy atom. The van der Waals surface area contributed by atoms with Crippen molar-refractivity contribution in [3.8, 4) is 0 Å². The molecular formula is C18H15BrN2S. The molecule has 0 unspecified atom stereocenters. The van der Waals surface area contributed by atoms with E-state index in [4.69, 9.17) is 12.2 Å². The smallest absolute Gasteiger partial charge is 0.175 e. The van der Waals surface area contributed by atoms with Gasteiger partial charge in [-0.3, -0.25) is 0 Å². The van der Waals surface area contributed by atoms with Crippen LogP contribution in [0.25, 0.3) is 10.8 Å². The summed E-state index contributed by atoms with van der Waals surface area (Å²) in [5, 5.41) is 9.46. The van der Waals surface area contributed by atoms with E-state index in [-0.39, 0.29) is 0 Å². The third kappa shape index (κ3) is 3.46. The van der Waals surface area contributed by atoms with E-state index in [1.54, 1.807) is 0 Å². The van der Waals surface area contributed by atoms with Crippen LogP contribution in [0.4, 0.5) is 11.4 Å². The quantitative estimate of drug-likeness (QED) is 0.564.